The van der Waals surface area contributed by atoms with E-state index in [2.05, 4.69) is 39.8 Å². The molecule has 0 spiro atoms. The molecular formula is C25H52NO+. The highest BCUT2D eigenvalue weighted by atomic mass is 16.5. The molecule has 0 bridgehead atoms. The fourth-order valence-corrected chi connectivity index (χ4v) is 3.65. The quantitative estimate of drug-likeness (QED) is 0.0849. The van der Waals surface area contributed by atoms with Crippen molar-refractivity contribution in [2.75, 3.05) is 33.0 Å². The predicted octanol–water partition coefficient (Wildman–Crippen LogP) is 7.87. The van der Waals surface area contributed by atoms with E-state index in [1.807, 2.05) is 0 Å². The van der Waals surface area contributed by atoms with E-state index in [9.17, 15) is 0 Å². The third kappa shape index (κ3) is 16.3. The Labute approximate surface area is 172 Å². The highest BCUT2D eigenvalue weighted by Crippen LogP contribution is 2.11. The summed E-state index contributed by atoms with van der Waals surface area (Å²) in [5.41, 5.74) is 0. The van der Waals surface area contributed by atoms with E-state index in [1.165, 1.54) is 110 Å². The van der Waals surface area contributed by atoms with Crippen LogP contribution in [0.25, 0.3) is 0 Å². The summed E-state index contributed by atoms with van der Waals surface area (Å²) in [5.74, 6) is 0. The van der Waals surface area contributed by atoms with Crippen LogP contribution in [0, 0.1) is 0 Å². The van der Waals surface area contributed by atoms with Crippen LogP contribution < -0.4 is 0 Å². The maximum atomic E-state index is 5.95. The van der Waals surface area contributed by atoms with Gasteiger partial charge in [-0.05, 0) is 52.9 Å². The first-order valence-corrected chi connectivity index (χ1v) is 12.3. The molecular weight excluding hydrogens is 330 g/mol. The number of ether oxygens (including phenoxy) is 1. The first kappa shape index (κ1) is 26.7. The molecule has 0 aromatic rings. The molecule has 0 amide bonds. The van der Waals surface area contributed by atoms with Gasteiger partial charge in [-0.15, -0.1) is 0 Å². The average Bonchev–Trinajstić information content (AvgIpc) is 2.70. The van der Waals surface area contributed by atoms with Crippen LogP contribution >= 0.6 is 0 Å². The third-order valence-electron chi connectivity index (χ3n) is 6.18. The second-order valence-corrected chi connectivity index (χ2v) is 8.27. The summed E-state index contributed by atoms with van der Waals surface area (Å²) in [7, 11) is 0. The van der Waals surface area contributed by atoms with Crippen molar-refractivity contribution in [2.45, 2.75) is 118 Å². The SMILES string of the molecule is CCCCCCCCC=CCCCCCCCCOC[N+](CC)(CC)CC. The number of nitrogens with zero attached hydrogens (tertiary/aromatic N) is 1. The molecule has 27 heavy (non-hydrogen) atoms. The molecule has 0 saturated heterocycles. The van der Waals surface area contributed by atoms with Crippen LogP contribution in [0.2, 0.25) is 0 Å². The van der Waals surface area contributed by atoms with Crippen LogP contribution in [0.1, 0.15) is 118 Å². The van der Waals surface area contributed by atoms with Crippen LogP contribution in [-0.4, -0.2) is 37.5 Å². The van der Waals surface area contributed by atoms with Crippen LogP contribution in [0.15, 0.2) is 12.2 Å². The van der Waals surface area contributed by atoms with E-state index < -0.39 is 0 Å². The molecule has 2 nitrogen and oxygen atoms in total. The monoisotopic (exact) mass is 382 g/mol. The van der Waals surface area contributed by atoms with Gasteiger partial charge in [-0.1, -0.05) is 76.9 Å². The number of unbranched alkanes of at least 4 members (excludes halogenated alkanes) is 12. The smallest absolute Gasteiger partial charge is 0.183 e. The molecule has 0 aliphatic carbocycles. The van der Waals surface area contributed by atoms with Crippen molar-refractivity contribution in [1.29, 1.82) is 0 Å². The van der Waals surface area contributed by atoms with Crippen LogP contribution in [0.5, 0.6) is 0 Å². The summed E-state index contributed by atoms with van der Waals surface area (Å²) in [6, 6.07) is 0. The minimum atomic E-state index is 0.897. The topological polar surface area (TPSA) is 9.23 Å². The Morgan fingerprint density at radius 1 is 0.556 bits per heavy atom. The van der Waals surface area contributed by atoms with Crippen molar-refractivity contribution in [3.8, 4) is 0 Å². The summed E-state index contributed by atoms with van der Waals surface area (Å²) >= 11 is 0. The molecule has 0 aromatic heterocycles. The number of rotatable bonds is 21. The average molecular weight is 383 g/mol. The second kappa shape index (κ2) is 20.4. The molecule has 0 radical (unpaired) electrons. The van der Waals surface area contributed by atoms with E-state index in [-0.39, 0.29) is 0 Å². The third-order valence-corrected chi connectivity index (χ3v) is 6.18. The molecule has 0 rings (SSSR count). The lowest BCUT2D eigenvalue weighted by Crippen LogP contribution is -2.49. The lowest BCUT2D eigenvalue weighted by molar-refractivity contribution is -0.941. The molecule has 0 aliphatic heterocycles. The van der Waals surface area contributed by atoms with Crippen LogP contribution in [-0.2, 0) is 4.74 Å². The van der Waals surface area contributed by atoms with Gasteiger partial charge in [-0.3, -0.25) is 0 Å². The fourth-order valence-electron chi connectivity index (χ4n) is 3.65. The first-order valence-electron chi connectivity index (χ1n) is 12.3. The van der Waals surface area contributed by atoms with Gasteiger partial charge in [-0.2, -0.15) is 0 Å². The van der Waals surface area contributed by atoms with Gasteiger partial charge in [0, 0.05) is 0 Å². The molecule has 0 atom stereocenters. The van der Waals surface area contributed by atoms with Crippen molar-refractivity contribution in [1.82, 2.24) is 0 Å². The van der Waals surface area contributed by atoms with Gasteiger partial charge in [-0.25, -0.2) is 0 Å². The van der Waals surface area contributed by atoms with E-state index in [0.29, 0.717) is 0 Å². The molecule has 0 unspecified atom stereocenters. The second-order valence-electron chi connectivity index (χ2n) is 8.27. The van der Waals surface area contributed by atoms with Gasteiger partial charge in [0.2, 0.25) is 0 Å². The van der Waals surface area contributed by atoms with E-state index in [1.54, 1.807) is 0 Å². The Morgan fingerprint density at radius 2 is 1.00 bits per heavy atom. The zero-order chi connectivity index (χ0) is 20.1. The Hall–Kier alpha value is -0.340. The van der Waals surface area contributed by atoms with E-state index in [0.717, 1.165) is 17.8 Å². The highest BCUT2D eigenvalue weighted by Gasteiger charge is 2.20. The maximum Gasteiger partial charge on any atom is 0.183 e. The summed E-state index contributed by atoms with van der Waals surface area (Å²) in [6.07, 6.45) is 23.9. The lowest BCUT2D eigenvalue weighted by Gasteiger charge is -2.35. The van der Waals surface area contributed by atoms with Crippen molar-refractivity contribution in [3.63, 3.8) is 0 Å². The zero-order valence-electron chi connectivity index (χ0n) is 19.4. The highest BCUT2D eigenvalue weighted by molar-refractivity contribution is 4.81. The molecule has 0 aliphatic rings. The van der Waals surface area contributed by atoms with Gasteiger partial charge < -0.3 is 9.22 Å². The molecule has 0 fully saturated rings. The fraction of sp³-hybridized carbons (Fsp3) is 0.920. The van der Waals surface area contributed by atoms with Gasteiger partial charge in [0.05, 0.1) is 26.2 Å². The molecule has 162 valence electrons. The Morgan fingerprint density at radius 3 is 1.48 bits per heavy atom. The van der Waals surface area contributed by atoms with Crippen LogP contribution in [0.4, 0.5) is 0 Å². The Balaban J connectivity index is 3.28. The van der Waals surface area contributed by atoms with Gasteiger partial charge in [0.25, 0.3) is 0 Å². The van der Waals surface area contributed by atoms with Crippen LogP contribution in [0.3, 0.4) is 0 Å². The molecule has 2 heteroatoms. The number of hydrogen-bond acceptors (Lipinski definition) is 1. The largest absolute Gasteiger partial charge is 0.332 e. The summed E-state index contributed by atoms with van der Waals surface area (Å²) in [5, 5.41) is 0. The number of hydrogen-bond donors (Lipinski definition) is 0. The van der Waals surface area contributed by atoms with Crippen molar-refractivity contribution in [2.24, 2.45) is 0 Å². The van der Waals surface area contributed by atoms with Gasteiger partial charge in [0.1, 0.15) is 0 Å². The minimum Gasteiger partial charge on any atom is -0.332 e. The Bertz CT molecular complexity index is 301. The first-order chi connectivity index (χ1) is 13.2. The number of allylic oxidation sites excluding steroid dienone is 2. The molecule has 0 saturated carbocycles. The maximum absolute atomic E-state index is 5.95. The van der Waals surface area contributed by atoms with E-state index >= 15 is 0 Å². The summed E-state index contributed by atoms with van der Waals surface area (Å²) in [6.45, 7) is 14.5. The van der Waals surface area contributed by atoms with Crippen molar-refractivity contribution >= 4 is 0 Å². The van der Waals surface area contributed by atoms with Crippen molar-refractivity contribution < 1.29 is 9.22 Å². The van der Waals surface area contributed by atoms with E-state index in [4.69, 9.17) is 4.74 Å². The molecule has 0 heterocycles. The molecule has 0 N–H and O–H groups in total. The summed E-state index contributed by atoms with van der Waals surface area (Å²) in [4.78, 5) is 0. The van der Waals surface area contributed by atoms with Crippen molar-refractivity contribution in [3.05, 3.63) is 12.2 Å². The minimum absolute atomic E-state index is 0.897. The summed E-state index contributed by atoms with van der Waals surface area (Å²) < 4.78 is 7.06. The molecule has 0 aromatic carbocycles. The Kier molecular flexibility index (Phi) is 20.1. The normalized spacial score (nSPS) is 12.3. The zero-order valence-corrected chi connectivity index (χ0v) is 19.4. The number of quaternary nitrogens is 1. The lowest BCUT2D eigenvalue weighted by atomic mass is 10.1. The predicted molar refractivity (Wildman–Crippen MR) is 122 cm³/mol. The van der Waals surface area contributed by atoms with Gasteiger partial charge in [0.15, 0.2) is 6.73 Å². The van der Waals surface area contributed by atoms with Gasteiger partial charge >= 0.3 is 0 Å². The standard InChI is InChI=1S/C25H52NO/c1-5-9-10-11-12-13-14-15-16-17-18-19-20-21-22-23-24-27-25-26(6-2,7-3)8-4/h15-16H,5-14,17-25H2,1-4H3/q+1.